The van der Waals surface area contributed by atoms with Crippen LogP contribution >= 0.6 is 0 Å². The van der Waals surface area contributed by atoms with Crippen molar-refractivity contribution in [2.45, 2.75) is 26.5 Å². The highest BCUT2D eigenvalue weighted by molar-refractivity contribution is 6.06. The van der Waals surface area contributed by atoms with Crippen LogP contribution in [0.4, 0.5) is 0 Å². The van der Waals surface area contributed by atoms with Gasteiger partial charge in [0.2, 0.25) is 0 Å². The van der Waals surface area contributed by atoms with Gasteiger partial charge in [0.15, 0.2) is 0 Å². The van der Waals surface area contributed by atoms with Crippen molar-refractivity contribution in [3.05, 3.63) is 58.9 Å². The molecule has 3 heterocycles. The van der Waals surface area contributed by atoms with Crippen LogP contribution in [0.25, 0.3) is 11.1 Å². The van der Waals surface area contributed by atoms with Crippen LogP contribution in [0, 0.1) is 13.8 Å². The number of pyridine rings is 1. The number of hydrogen-bond acceptors (Lipinski definition) is 6. The van der Waals surface area contributed by atoms with Crippen molar-refractivity contribution >= 4 is 17.0 Å². The van der Waals surface area contributed by atoms with Crippen LogP contribution in [0.1, 0.15) is 27.3 Å². The van der Waals surface area contributed by atoms with Crippen molar-refractivity contribution in [2.75, 3.05) is 26.2 Å². The molecule has 0 spiro atoms. The van der Waals surface area contributed by atoms with Crippen LogP contribution in [0.15, 0.2) is 40.9 Å². The summed E-state index contributed by atoms with van der Waals surface area (Å²) in [5.74, 6) is -0.161. The van der Waals surface area contributed by atoms with Crippen molar-refractivity contribution in [1.29, 1.82) is 0 Å². The van der Waals surface area contributed by atoms with E-state index < -0.39 is 0 Å². The zero-order valence-corrected chi connectivity index (χ0v) is 16.1. The maximum absolute atomic E-state index is 12.8. The van der Waals surface area contributed by atoms with Gasteiger partial charge in [0, 0.05) is 31.9 Å². The Morgan fingerprint density at radius 2 is 2.11 bits per heavy atom. The van der Waals surface area contributed by atoms with E-state index >= 15 is 0 Å². The Morgan fingerprint density at radius 1 is 1.29 bits per heavy atom. The van der Waals surface area contributed by atoms with Gasteiger partial charge in [-0.3, -0.25) is 9.69 Å². The minimum absolute atomic E-state index is 0.0385. The summed E-state index contributed by atoms with van der Waals surface area (Å²) >= 11 is 0. The molecule has 0 aliphatic carbocycles. The minimum Gasteiger partial charge on any atom is -0.374 e. The van der Waals surface area contributed by atoms with Gasteiger partial charge in [0.25, 0.3) is 11.6 Å². The van der Waals surface area contributed by atoms with Crippen LogP contribution in [0.5, 0.6) is 0 Å². The van der Waals surface area contributed by atoms with Gasteiger partial charge in [-0.25, -0.2) is 4.98 Å². The average Bonchev–Trinajstić information content (AvgIpc) is 3.07. The molecule has 3 aromatic rings. The van der Waals surface area contributed by atoms with Crippen LogP contribution in [0.2, 0.25) is 0 Å². The number of benzene rings is 1. The van der Waals surface area contributed by atoms with Gasteiger partial charge < -0.3 is 14.6 Å². The molecule has 7 heteroatoms. The summed E-state index contributed by atoms with van der Waals surface area (Å²) in [5, 5.41) is 7.60. The molecule has 2 aromatic heterocycles. The number of amides is 1. The predicted octanol–water partition coefficient (Wildman–Crippen LogP) is 2.47. The van der Waals surface area contributed by atoms with E-state index in [1.807, 2.05) is 19.9 Å². The summed E-state index contributed by atoms with van der Waals surface area (Å²) in [4.78, 5) is 19.5. The number of rotatable bonds is 5. The van der Waals surface area contributed by atoms with Gasteiger partial charge in [-0.15, -0.1) is 0 Å². The fourth-order valence-electron chi connectivity index (χ4n) is 3.59. The van der Waals surface area contributed by atoms with Crippen molar-refractivity contribution in [3.63, 3.8) is 0 Å². The molecule has 1 aliphatic heterocycles. The molecule has 1 aromatic carbocycles. The number of nitrogens with zero attached hydrogens (tertiary/aromatic N) is 3. The molecule has 1 unspecified atom stereocenters. The summed E-state index contributed by atoms with van der Waals surface area (Å²) in [7, 11) is 0. The summed E-state index contributed by atoms with van der Waals surface area (Å²) in [6.45, 7) is 7.33. The van der Waals surface area contributed by atoms with E-state index in [0.29, 0.717) is 35.5 Å². The SMILES string of the molecule is Cc1cc(C(=O)NCC2CN(Cc3ccccc3)CCO2)c2c(C)noc2n1. The highest BCUT2D eigenvalue weighted by Crippen LogP contribution is 2.21. The Bertz CT molecular complexity index is 970. The number of morpholine rings is 1. The first-order valence-electron chi connectivity index (χ1n) is 9.50. The third kappa shape index (κ3) is 4.05. The number of carbonyl (C=O) groups is 1. The Balaban J connectivity index is 1.39. The minimum atomic E-state index is -0.161. The zero-order chi connectivity index (χ0) is 19.5. The second kappa shape index (κ2) is 8.08. The first kappa shape index (κ1) is 18.6. The van der Waals surface area contributed by atoms with E-state index in [0.717, 1.165) is 25.3 Å². The van der Waals surface area contributed by atoms with Crippen molar-refractivity contribution < 1.29 is 14.1 Å². The van der Waals surface area contributed by atoms with E-state index in [9.17, 15) is 4.79 Å². The van der Waals surface area contributed by atoms with Gasteiger partial charge in [-0.1, -0.05) is 35.5 Å². The van der Waals surface area contributed by atoms with Crippen LogP contribution in [-0.2, 0) is 11.3 Å². The Kier molecular flexibility index (Phi) is 5.36. The van der Waals surface area contributed by atoms with Crippen molar-refractivity contribution in [1.82, 2.24) is 20.4 Å². The smallest absolute Gasteiger partial charge is 0.258 e. The highest BCUT2D eigenvalue weighted by Gasteiger charge is 2.23. The number of carbonyl (C=O) groups excluding carboxylic acids is 1. The van der Waals surface area contributed by atoms with Gasteiger partial charge in [-0.2, -0.15) is 0 Å². The molecule has 7 nitrogen and oxygen atoms in total. The van der Waals surface area contributed by atoms with Crippen LogP contribution < -0.4 is 5.32 Å². The summed E-state index contributed by atoms with van der Waals surface area (Å²) in [5.41, 5.74) is 3.60. The second-order valence-corrected chi connectivity index (χ2v) is 7.18. The third-order valence-corrected chi connectivity index (χ3v) is 4.95. The molecule has 28 heavy (non-hydrogen) atoms. The first-order valence-corrected chi connectivity index (χ1v) is 9.50. The normalized spacial score (nSPS) is 17.7. The Labute approximate surface area is 163 Å². The summed E-state index contributed by atoms with van der Waals surface area (Å²) in [6.07, 6.45) is -0.0385. The average molecular weight is 380 g/mol. The number of aromatic nitrogens is 2. The van der Waals surface area contributed by atoms with Crippen molar-refractivity contribution in [2.24, 2.45) is 0 Å². The van der Waals surface area contributed by atoms with Gasteiger partial charge in [0.1, 0.15) is 0 Å². The van der Waals surface area contributed by atoms with Crippen molar-refractivity contribution in [3.8, 4) is 0 Å². The van der Waals surface area contributed by atoms with E-state index in [4.69, 9.17) is 9.26 Å². The maximum atomic E-state index is 12.8. The van der Waals surface area contributed by atoms with Crippen LogP contribution in [0.3, 0.4) is 0 Å². The number of aryl methyl sites for hydroxylation is 2. The molecular formula is C21H24N4O3. The van der Waals surface area contributed by atoms with Gasteiger partial charge in [0.05, 0.1) is 29.4 Å². The number of fused-ring (bicyclic) bond motifs is 1. The highest BCUT2D eigenvalue weighted by atomic mass is 16.5. The standard InChI is InChI=1S/C21H24N4O3/c1-14-10-18(19-15(2)24-28-21(19)23-14)20(26)22-11-17-13-25(8-9-27-17)12-16-6-4-3-5-7-16/h3-7,10,17H,8-9,11-13H2,1-2H3,(H,22,26). The number of hydrogen-bond donors (Lipinski definition) is 1. The number of nitrogens with one attached hydrogen (secondary N) is 1. The first-order chi connectivity index (χ1) is 13.6. The second-order valence-electron chi connectivity index (χ2n) is 7.18. The molecule has 0 saturated carbocycles. The molecular weight excluding hydrogens is 356 g/mol. The maximum Gasteiger partial charge on any atom is 0.258 e. The molecule has 1 N–H and O–H groups in total. The molecule has 1 saturated heterocycles. The fraction of sp³-hybridized carbons (Fsp3) is 0.381. The van der Waals surface area contributed by atoms with Gasteiger partial charge >= 0.3 is 0 Å². The number of ether oxygens (including phenoxy) is 1. The summed E-state index contributed by atoms with van der Waals surface area (Å²) < 4.78 is 11.1. The predicted molar refractivity (Wildman–Crippen MR) is 105 cm³/mol. The Morgan fingerprint density at radius 3 is 2.93 bits per heavy atom. The molecule has 146 valence electrons. The lowest BCUT2D eigenvalue weighted by Crippen LogP contribution is -2.47. The molecule has 4 rings (SSSR count). The lowest BCUT2D eigenvalue weighted by molar-refractivity contribution is -0.0292. The van der Waals surface area contributed by atoms with Gasteiger partial charge in [-0.05, 0) is 25.5 Å². The molecule has 0 radical (unpaired) electrons. The monoisotopic (exact) mass is 380 g/mol. The molecule has 1 amide bonds. The lowest BCUT2D eigenvalue weighted by atomic mass is 10.1. The largest absolute Gasteiger partial charge is 0.374 e. The zero-order valence-electron chi connectivity index (χ0n) is 16.1. The van der Waals surface area contributed by atoms with E-state index in [1.165, 1.54) is 5.56 Å². The molecule has 1 aliphatic rings. The fourth-order valence-corrected chi connectivity index (χ4v) is 3.59. The quantitative estimate of drug-likeness (QED) is 0.732. The van der Waals surface area contributed by atoms with E-state index in [1.54, 1.807) is 6.07 Å². The Hall–Kier alpha value is -2.77. The molecule has 1 atom stereocenters. The third-order valence-electron chi connectivity index (χ3n) is 4.95. The summed E-state index contributed by atoms with van der Waals surface area (Å²) in [6, 6.07) is 12.2. The van der Waals surface area contributed by atoms with Crippen LogP contribution in [-0.4, -0.2) is 53.3 Å². The lowest BCUT2D eigenvalue weighted by Gasteiger charge is -2.33. The molecule has 0 bridgehead atoms. The topological polar surface area (TPSA) is 80.5 Å². The van der Waals surface area contributed by atoms with E-state index in [-0.39, 0.29) is 12.0 Å². The molecule has 1 fully saturated rings. The van der Waals surface area contributed by atoms with E-state index in [2.05, 4.69) is 44.6 Å².